The van der Waals surface area contributed by atoms with E-state index in [9.17, 15) is 4.79 Å². The Morgan fingerprint density at radius 3 is 2.89 bits per heavy atom. The van der Waals surface area contributed by atoms with E-state index in [-0.39, 0.29) is 5.91 Å². The normalized spacial score (nSPS) is 16.3. The van der Waals surface area contributed by atoms with Gasteiger partial charge in [0.2, 0.25) is 5.91 Å². The van der Waals surface area contributed by atoms with Gasteiger partial charge in [-0.15, -0.1) is 11.8 Å². The van der Waals surface area contributed by atoms with Crippen molar-refractivity contribution in [3.8, 4) is 0 Å². The molecule has 1 heterocycles. The zero-order chi connectivity index (χ0) is 13.7. The number of carbonyl (C=O) groups excluding carboxylic acids is 1. The summed E-state index contributed by atoms with van der Waals surface area (Å²) in [7, 11) is 0. The van der Waals surface area contributed by atoms with Crippen LogP contribution in [0.25, 0.3) is 0 Å². The molecule has 2 rings (SSSR count). The third-order valence-corrected chi connectivity index (χ3v) is 4.61. The molecule has 3 N–H and O–H groups in total. The van der Waals surface area contributed by atoms with Crippen LogP contribution in [0.2, 0.25) is 5.02 Å². The summed E-state index contributed by atoms with van der Waals surface area (Å²) in [5, 5.41) is 3.84. The second-order valence-electron chi connectivity index (χ2n) is 4.41. The summed E-state index contributed by atoms with van der Waals surface area (Å²) >= 11 is 7.51. The van der Waals surface area contributed by atoms with E-state index in [4.69, 9.17) is 22.1 Å². The van der Waals surface area contributed by atoms with Gasteiger partial charge in [0.1, 0.15) is 0 Å². The van der Waals surface area contributed by atoms with Gasteiger partial charge in [-0.1, -0.05) is 11.6 Å². The highest BCUT2D eigenvalue weighted by molar-refractivity contribution is 8.00. The van der Waals surface area contributed by atoms with E-state index in [0.717, 1.165) is 26.1 Å². The zero-order valence-corrected chi connectivity index (χ0v) is 12.1. The van der Waals surface area contributed by atoms with Crippen molar-refractivity contribution >= 4 is 40.6 Å². The minimum absolute atomic E-state index is 0.0155. The minimum atomic E-state index is -0.0155. The van der Waals surface area contributed by atoms with Crippen molar-refractivity contribution in [1.29, 1.82) is 0 Å². The molecule has 1 fully saturated rings. The van der Waals surface area contributed by atoms with Crippen LogP contribution >= 0.6 is 23.4 Å². The zero-order valence-electron chi connectivity index (χ0n) is 10.5. The standard InChI is InChI=1S/C13H17ClN2O2S/c14-11-2-1-9(7-12(11)15)16-13(17)8-19-10-3-5-18-6-4-10/h1-2,7,10H,3-6,8,15H2,(H,16,17). The Balaban J connectivity index is 1.78. The number of nitrogen functional groups attached to an aromatic ring is 1. The predicted octanol–water partition coefficient (Wildman–Crippen LogP) is 2.77. The quantitative estimate of drug-likeness (QED) is 0.839. The summed E-state index contributed by atoms with van der Waals surface area (Å²) in [4.78, 5) is 11.8. The van der Waals surface area contributed by atoms with E-state index in [1.54, 1.807) is 30.0 Å². The van der Waals surface area contributed by atoms with Crippen molar-refractivity contribution in [2.75, 3.05) is 30.0 Å². The molecule has 6 heteroatoms. The van der Waals surface area contributed by atoms with Crippen LogP contribution in [0.4, 0.5) is 11.4 Å². The third kappa shape index (κ3) is 4.60. The molecule has 0 radical (unpaired) electrons. The summed E-state index contributed by atoms with van der Waals surface area (Å²) < 4.78 is 5.29. The SMILES string of the molecule is Nc1cc(NC(=O)CSC2CCOCC2)ccc1Cl. The molecule has 0 saturated carbocycles. The fraction of sp³-hybridized carbons (Fsp3) is 0.462. The van der Waals surface area contributed by atoms with Crippen molar-refractivity contribution < 1.29 is 9.53 Å². The molecule has 0 aliphatic carbocycles. The van der Waals surface area contributed by atoms with Crippen molar-refractivity contribution in [3.63, 3.8) is 0 Å². The molecule has 1 amide bonds. The molecular weight excluding hydrogens is 284 g/mol. The molecule has 19 heavy (non-hydrogen) atoms. The van der Waals surface area contributed by atoms with E-state index >= 15 is 0 Å². The fourth-order valence-electron chi connectivity index (χ4n) is 1.85. The van der Waals surface area contributed by atoms with Gasteiger partial charge in [0.25, 0.3) is 0 Å². The van der Waals surface area contributed by atoms with Crippen LogP contribution in [-0.2, 0) is 9.53 Å². The lowest BCUT2D eigenvalue weighted by molar-refractivity contribution is -0.113. The molecule has 0 spiro atoms. The minimum Gasteiger partial charge on any atom is -0.397 e. The Labute approximate surface area is 122 Å². The average Bonchev–Trinajstić information content (AvgIpc) is 2.42. The Morgan fingerprint density at radius 2 is 2.21 bits per heavy atom. The predicted molar refractivity (Wildman–Crippen MR) is 80.8 cm³/mol. The van der Waals surface area contributed by atoms with Crippen LogP contribution in [0.5, 0.6) is 0 Å². The Bertz CT molecular complexity index is 450. The second-order valence-corrected chi connectivity index (χ2v) is 6.10. The van der Waals surface area contributed by atoms with Crippen molar-refractivity contribution in [3.05, 3.63) is 23.2 Å². The lowest BCUT2D eigenvalue weighted by Gasteiger charge is -2.21. The molecule has 0 aromatic heterocycles. The van der Waals surface area contributed by atoms with E-state index in [0.29, 0.717) is 27.4 Å². The van der Waals surface area contributed by atoms with Gasteiger partial charge in [-0.25, -0.2) is 0 Å². The monoisotopic (exact) mass is 300 g/mol. The molecule has 0 bridgehead atoms. The van der Waals surface area contributed by atoms with Gasteiger partial charge in [-0.2, -0.15) is 0 Å². The number of halogens is 1. The molecule has 1 saturated heterocycles. The van der Waals surface area contributed by atoms with Crippen LogP contribution in [0.1, 0.15) is 12.8 Å². The number of benzene rings is 1. The maximum atomic E-state index is 11.8. The van der Waals surface area contributed by atoms with Gasteiger partial charge < -0.3 is 15.8 Å². The number of nitrogens with one attached hydrogen (secondary N) is 1. The number of carbonyl (C=O) groups is 1. The molecule has 1 aliphatic heterocycles. The Hall–Kier alpha value is -0.910. The number of rotatable bonds is 4. The topological polar surface area (TPSA) is 64.3 Å². The second kappa shape index (κ2) is 7.03. The van der Waals surface area contributed by atoms with Crippen molar-refractivity contribution in [2.45, 2.75) is 18.1 Å². The fourth-order valence-corrected chi connectivity index (χ4v) is 2.96. The number of ether oxygens (including phenoxy) is 1. The van der Waals surface area contributed by atoms with E-state index < -0.39 is 0 Å². The lowest BCUT2D eigenvalue weighted by Crippen LogP contribution is -2.21. The molecule has 0 atom stereocenters. The largest absolute Gasteiger partial charge is 0.397 e. The van der Waals surface area contributed by atoms with E-state index in [2.05, 4.69) is 5.32 Å². The number of thioether (sulfide) groups is 1. The van der Waals surface area contributed by atoms with Crippen molar-refractivity contribution in [1.82, 2.24) is 0 Å². The van der Waals surface area contributed by atoms with Crippen LogP contribution in [0.15, 0.2) is 18.2 Å². The molecule has 4 nitrogen and oxygen atoms in total. The third-order valence-electron chi connectivity index (χ3n) is 2.90. The summed E-state index contributed by atoms with van der Waals surface area (Å²) in [6, 6.07) is 5.09. The number of nitrogens with two attached hydrogens (primary N) is 1. The molecule has 1 aromatic carbocycles. The first-order chi connectivity index (χ1) is 9.15. The van der Waals surface area contributed by atoms with Gasteiger partial charge in [-0.3, -0.25) is 4.79 Å². The highest BCUT2D eigenvalue weighted by Crippen LogP contribution is 2.24. The molecule has 1 aromatic rings. The average molecular weight is 301 g/mol. The number of hydrogen-bond donors (Lipinski definition) is 2. The van der Waals surface area contributed by atoms with Gasteiger partial charge >= 0.3 is 0 Å². The lowest BCUT2D eigenvalue weighted by atomic mass is 10.2. The van der Waals surface area contributed by atoms with Gasteiger partial charge in [-0.05, 0) is 31.0 Å². The smallest absolute Gasteiger partial charge is 0.234 e. The van der Waals surface area contributed by atoms with Gasteiger partial charge in [0.15, 0.2) is 0 Å². The van der Waals surface area contributed by atoms with E-state index in [1.807, 2.05) is 0 Å². The highest BCUT2D eigenvalue weighted by Gasteiger charge is 2.15. The van der Waals surface area contributed by atoms with Crippen molar-refractivity contribution in [2.24, 2.45) is 0 Å². The van der Waals surface area contributed by atoms with Crippen LogP contribution in [0.3, 0.4) is 0 Å². The molecule has 1 aliphatic rings. The molecule has 104 valence electrons. The van der Waals surface area contributed by atoms with Crippen LogP contribution in [-0.4, -0.2) is 30.1 Å². The maximum Gasteiger partial charge on any atom is 0.234 e. The summed E-state index contributed by atoms with van der Waals surface area (Å²) in [5.74, 6) is 0.436. The number of hydrogen-bond acceptors (Lipinski definition) is 4. The molecule has 0 unspecified atom stereocenters. The van der Waals surface area contributed by atoms with Gasteiger partial charge in [0, 0.05) is 24.2 Å². The first-order valence-electron chi connectivity index (χ1n) is 6.19. The highest BCUT2D eigenvalue weighted by atomic mass is 35.5. The van der Waals surface area contributed by atoms with Gasteiger partial charge in [0.05, 0.1) is 16.5 Å². The first-order valence-corrected chi connectivity index (χ1v) is 7.62. The first kappa shape index (κ1) is 14.5. The van der Waals surface area contributed by atoms with Crippen LogP contribution < -0.4 is 11.1 Å². The molecular formula is C13H17ClN2O2S. The number of anilines is 2. The van der Waals surface area contributed by atoms with E-state index in [1.165, 1.54) is 0 Å². The number of amides is 1. The summed E-state index contributed by atoms with van der Waals surface area (Å²) in [6.45, 7) is 1.60. The summed E-state index contributed by atoms with van der Waals surface area (Å²) in [5.41, 5.74) is 6.83. The maximum absolute atomic E-state index is 11.8. The van der Waals surface area contributed by atoms with Crippen LogP contribution in [0, 0.1) is 0 Å². The Kier molecular flexibility index (Phi) is 5.36. The Morgan fingerprint density at radius 1 is 1.47 bits per heavy atom. The summed E-state index contributed by atoms with van der Waals surface area (Å²) in [6.07, 6.45) is 2.04.